The zero-order valence-electron chi connectivity index (χ0n) is 11.0. The molecule has 0 aromatic carbocycles. The molecule has 1 amide bonds. The minimum absolute atomic E-state index is 0.238. The van der Waals surface area contributed by atoms with E-state index in [0.29, 0.717) is 12.6 Å². The summed E-state index contributed by atoms with van der Waals surface area (Å²) in [6.07, 6.45) is 5.21. The lowest BCUT2D eigenvalue weighted by molar-refractivity contribution is -0.131. The second kappa shape index (κ2) is 7.95. The maximum absolute atomic E-state index is 11.9. The number of nitrogens with zero attached hydrogens (tertiary/aromatic N) is 2. The fourth-order valence-electron chi connectivity index (χ4n) is 1.99. The van der Waals surface area contributed by atoms with Gasteiger partial charge in [-0.1, -0.05) is 0 Å². The molecule has 0 saturated carbocycles. The van der Waals surface area contributed by atoms with Gasteiger partial charge in [0.25, 0.3) is 0 Å². The summed E-state index contributed by atoms with van der Waals surface area (Å²) in [7, 11) is 1.90. The zero-order valence-corrected chi connectivity index (χ0v) is 11.8. The predicted octanol–water partition coefficient (Wildman–Crippen LogP) is 0.621. The second-order valence-corrected chi connectivity index (χ2v) is 5.76. The third kappa shape index (κ3) is 5.75. The molecule has 1 fully saturated rings. The molecular formula is C12H25N3OS. The third-order valence-electron chi connectivity index (χ3n) is 3.26. The van der Waals surface area contributed by atoms with Gasteiger partial charge in [0, 0.05) is 32.7 Å². The molecule has 0 spiro atoms. The van der Waals surface area contributed by atoms with Crippen molar-refractivity contribution in [1.82, 2.24) is 9.80 Å². The van der Waals surface area contributed by atoms with Crippen LogP contribution in [0.2, 0.25) is 0 Å². The van der Waals surface area contributed by atoms with Gasteiger partial charge in [0.05, 0.1) is 6.54 Å². The van der Waals surface area contributed by atoms with Crippen molar-refractivity contribution in [2.45, 2.75) is 25.3 Å². The van der Waals surface area contributed by atoms with Crippen molar-refractivity contribution in [2.24, 2.45) is 5.73 Å². The summed E-state index contributed by atoms with van der Waals surface area (Å²) in [5, 5.41) is 0. The number of carbonyl (C=O) groups is 1. The molecule has 0 aliphatic carbocycles. The average Bonchev–Trinajstić information content (AvgIpc) is 2.32. The second-order valence-electron chi connectivity index (χ2n) is 4.78. The van der Waals surface area contributed by atoms with E-state index in [2.05, 4.69) is 11.2 Å². The molecule has 0 aromatic heterocycles. The molecule has 0 radical (unpaired) electrons. The van der Waals surface area contributed by atoms with Crippen LogP contribution in [0.15, 0.2) is 0 Å². The van der Waals surface area contributed by atoms with E-state index in [-0.39, 0.29) is 5.91 Å². The molecule has 0 unspecified atom stereocenters. The fraction of sp³-hybridized carbons (Fsp3) is 0.917. The number of hydrogen-bond donors (Lipinski definition) is 1. The number of nitrogens with two attached hydrogens (primary N) is 1. The molecule has 0 atom stereocenters. The summed E-state index contributed by atoms with van der Waals surface area (Å²) >= 11 is 1.83. The molecule has 1 heterocycles. The molecule has 1 aliphatic heterocycles. The molecule has 0 bridgehead atoms. The van der Waals surface area contributed by atoms with Crippen LogP contribution in [-0.4, -0.2) is 67.0 Å². The van der Waals surface area contributed by atoms with Crippen molar-refractivity contribution in [1.29, 1.82) is 0 Å². The molecule has 1 rings (SSSR count). The summed E-state index contributed by atoms with van der Waals surface area (Å²) in [5.41, 5.74) is 5.84. The van der Waals surface area contributed by atoms with Crippen molar-refractivity contribution < 1.29 is 4.79 Å². The Morgan fingerprint density at radius 1 is 1.47 bits per heavy atom. The maximum Gasteiger partial charge on any atom is 0.236 e. The van der Waals surface area contributed by atoms with Crippen molar-refractivity contribution >= 4 is 17.7 Å². The van der Waals surface area contributed by atoms with Crippen molar-refractivity contribution in [2.75, 3.05) is 45.2 Å². The first-order valence-corrected chi connectivity index (χ1v) is 7.73. The summed E-state index contributed by atoms with van der Waals surface area (Å²) in [5.74, 6) is 1.36. The number of hydrogen-bond acceptors (Lipinski definition) is 4. The van der Waals surface area contributed by atoms with E-state index in [0.717, 1.165) is 44.6 Å². The van der Waals surface area contributed by atoms with Crippen LogP contribution in [0.4, 0.5) is 0 Å². The summed E-state index contributed by atoms with van der Waals surface area (Å²) in [4.78, 5) is 16.0. The SMILES string of the molecule is CSCCCN(C)C(=O)CN1CCC(N)CC1. The maximum atomic E-state index is 11.9. The topological polar surface area (TPSA) is 49.6 Å². The molecule has 0 aromatic rings. The minimum Gasteiger partial charge on any atom is -0.345 e. The first kappa shape index (κ1) is 14.8. The fourth-order valence-corrected chi connectivity index (χ4v) is 2.41. The van der Waals surface area contributed by atoms with E-state index in [1.165, 1.54) is 0 Å². The molecule has 2 N–H and O–H groups in total. The van der Waals surface area contributed by atoms with Crippen LogP contribution in [0.5, 0.6) is 0 Å². The van der Waals surface area contributed by atoms with E-state index in [4.69, 9.17) is 5.73 Å². The lowest BCUT2D eigenvalue weighted by Gasteiger charge is -2.30. The Balaban J connectivity index is 2.19. The van der Waals surface area contributed by atoms with E-state index >= 15 is 0 Å². The monoisotopic (exact) mass is 259 g/mol. The third-order valence-corrected chi connectivity index (χ3v) is 3.96. The Bertz CT molecular complexity index is 230. The van der Waals surface area contributed by atoms with Gasteiger partial charge < -0.3 is 10.6 Å². The van der Waals surface area contributed by atoms with Crippen molar-refractivity contribution in [3.8, 4) is 0 Å². The van der Waals surface area contributed by atoms with Gasteiger partial charge in [0.15, 0.2) is 0 Å². The Morgan fingerprint density at radius 3 is 2.71 bits per heavy atom. The highest BCUT2D eigenvalue weighted by Crippen LogP contribution is 2.08. The van der Waals surface area contributed by atoms with Gasteiger partial charge in [-0.3, -0.25) is 9.69 Å². The van der Waals surface area contributed by atoms with Gasteiger partial charge in [0.2, 0.25) is 5.91 Å². The Hall–Kier alpha value is -0.260. The quantitative estimate of drug-likeness (QED) is 0.711. The van der Waals surface area contributed by atoms with Gasteiger partial charge >= 0.3 is 0 Å². The zero-order chi connectivity index (χ0) is 12.7. The molecule has 4 nitrogen and oxygen atoms in total. The van der Waals surface area contributed by atoms with Crippen LogP contribution in [-0.2, 0) is 4.79 Å². The molecule has 100 valence electrons. The van der Waals surface area contributed by atoms with Gasteiger partial charge in [-0.2, -0.15) is 11.8 Å². The molecule has 1 aliphatic rings. The Morgan fingerprint density at radius 2 is 2.12 bits per heavy atom. The molecule has 5 heteroatoms. The van der Waals surface area contributed by atoms with Crippen LogP contribution in [0.1, 0.15) is 19.3 Å². The van der Waals surface area contributed by atoms with E-state index < -0.39 is 0 Å². The van der Waals surface area contributed by atoms with E-state index in [1.807, 2.05) is 23.7 Å². The highest BCUT2D eigenvalue weighted by molar-refractivity contribution is 7.98. The number of rotatable bonds is 6. The lowest BCUT2D eigenvalue weighted by Crippen LogP contribution is -2.45. The smallest absolute Gasteiger partial charge is 0.236 e. The van der Waals surface area contributed by atoms with Gasteiger partial charge in [-0.05, 0) is 31.3 Å². The number of piperidine rings is 1. The van der Waals surface area contributed by atoms with E-state index in [1.54, 1.807) is 0 Å². The Labute approximate surface area is 109 Å². The molecule has 17 heavy (non-hydrogen) atoms. The van der Waals surface area contributed by atoms with Gasteiger partial charge in [-0.25, -0.2) is 0 Å². The van der Waals surface area contributed by atoms with Crippen LogP contribution < -0.4 is 5.73 Å². The van der Waals surface area contributed by atoms with Crippen LogP contribution in [0.3, 0.4) is 0 Å². The first-order chi connectivity index (χ1) is 8.13. The number of carbonyl (C=O) groups excluding carboxylic acids is 1. The number of thioether (sulfide) groups is 1. The van der Waals surface area contributed by atoms with Crippen LogP contribution >= 0.6 is 11.8 Å². The highest BCUT2D eigenvalue weighted by Gasteiger charge is 2.19. The Kier molecular flexibility index (Phi) is 6.92. The van der Waals surface area contributed by atoms with Gasteiger partial charge in [-0.15, -0.1) is 0 Å². The summed E-state index contributed by atoms with van der Waals surface area (Å²) in [6.45, 7) is 3.35. The highest BCUT2D eigenvalue weighted by atomic mass is 32.2. The predicted molar refractivity (Wildman–Crippen MR) is 74.3 cm³/mol. The average molecular weight is 259 g/mol. The molecular weight excluding hydrogens is 234 g/mol. The first-order valence-electron chi connectivity index (χ1n) is 6.34. The number of likely N-dealkylation sites (tertiary alicyclic amines) is 1. The van der Waals surface area contributed by atoms with Gasteiger partial charge in [0.1, 0.15) is 0 Å². The number of likely N-dealkylation sites (N-methyl/N-ethyl adjacent to an activating group) is 1. The van der Waals surface area contributed by atoms with Crippen molar-refractivity contribution in [3.63, 3.8) is 0 Å². The minimum atomic E-state index is 0.238. The van der Waals surface area contributed by atoms with Crippen LogP contribution in [0, 0.1) is 0 Å². The summed E-state index contributed by atoms with van der Waals surface area (Å²) < 4.78 is 0. The largest absolute Gasteiger partial charge is 0.345 e. The van der Waals surface area contributed by atoms with E-state index in [9.17, 15) is 4.79 Å². The van der Waals surface area contributed by atoms with Crippen molar-refractivity contribution in [3.05, 3.63) is 0 Å². The molecule has 1 saturated heterocycles. The lowest BCUT2D eigenvalue weighted by atomic mass is 10.1. The summed E-state index contributed by atoms with van der Waals surface area (Å²) in [6, 6.07) is 0.334. The number of amides is 1. The standard InChI is InChI=1S/C12H25N3OS/c1-14(6-3-9-17-2)12(16)10-15-7-4-11(13)5-8-15/h11H,3-10,13H2,1-2H3. The van der Waals surface area contributed by atoms with Crippen LogP contribution in [0.25, 0.3) is 0 Å². The normalized spacial score (nSPS) is 18.3.